The van der Waals surface area contributed by atoms with Crippen molar-refractivity contribution in [2.75, 3.05) is 19.7 Å². The number of hydrogen-bond acceptors (Lipinski definition) is 4. The van der Waals surface area contributed by atoms with Crippen molar-refractivity contribution in [3.63, 3.8) is 0 Å². The van der Waals surface area contributed by atoms with Crippen molar-refractivity contribution in [3.05, 3.63) is 39.9 Å². The van der Waals surface area contributed by atoms with E-state index in [2.05, 4.69) is 4.90 Å². The van der Waals surface area contributed by atoms with Crippen LogP contribution in [0.5, 0.6) is 0 Å². The molecule has 1 aliphatic heterocycles. The Balaban J connectivity index is 2.13. The van der Waals surface area contributed by atoms with E-state index in [4.69, 9.17) is 0 Å². The van der Waals surface area contributed by atoms with Gasteiger partial charge in [-0.15, -0.1) is 0 Å². The molecule has 0 aromatic heterocycles. The molecule has 1 unspecified atom stereocenters. The zero-order valence-electron chi connectivity index (χ0n) is 10.3. The van der Waals surface area contributed by atoms with Crippen LogP contribution in [-0.4, -0.2) is 34.6 Å². The first kappa shape index (κ1) is 13.0. The highest BCUT2D eigenvalue weighted by Gasteiger charge is 2.21. The van der Waals surface area contributed by atoms with Gasteiger partial charge in [0.25, 0.3) is 5.69 Å². The normalized spacial score (nSPS) is 18.5. The van der Waals surface area contributed by atoms with E-state index in [9.17, 15) is 15.2 Å². The van der Waals surface area contributed by atoms with Crippen molar-refractivity contribution >= 4 is 5.69 Å². The molecule has 0 aliphatic carbocycles. The van der Waals surface area contributed by atoms with Gasteiger partial charge >= 0.3 is 0 Å². The number of nitro groups is 1. The first-order valence-electron chi connectivity index (χ1n) is 6.31. The van der Waals surface area contributed by atoms with Crippen molar-refractivity contribution in [3.8, 4) is 0 Å². The third-order valence-electron chi connectivity index (χ3n) is 3.49. The molecule has 18 heavy (non-hydrogen) atoms. The maximum Gasteiger partial charge on any atom is 0.269 e. The smallest absolute Gasteiger partial charge is 0.269 e. The second-order valence-electron chi connectivity index (χ2n) is 4.64. The van der Waals surface area contributed by atoms with Gasteiger partial charge in [0, 0.05) is 12.1 Å². The van der Waals surface area contributed by atoms with E-state index < -0.39 is 4.92 Å². The van der Waals surface area contributed by atoms with Crippen LogP contribution in [0.2, 0.25) is 0 Å². The number of benzene rings is 1. The number of aliphatic hydroxyl groups excluding tert-OH is 1. The fourth-order valence-electron chi connectivity index (χ4n) is 2.48. The fraction of sp³-hybridized carbons (Fsp3) is 0.538. The first-order chi connectivity index (χ1) is 8.72. The van der Waals surface area contributed by atoms with Crippen LogP contribution in [0.3, 0.4) is 0 Å². The molecule has 1 N–H and O–H groups in total. The summed E-state index contributed by atoms with van der Waals surface area (Å²) < 4.78 is 0. The number of nitrogens with zero attached hydrogens (tertiary/aromatic N) is 2. The molecule has 0 amide bonds. The number of nitro benzene ring substituents is 1. The third kappa shape index (κ3) is 2.86. The third-order valence-corrected chi connectivity index (χ3v) is 3.49. The summed E-state index contributed by atoms with van der Waals surface area (Å²) in [5.74, 6) is 0. The predicted molar refractivity (Wildman–Crippen MR) is 68.3 cm³/mol. The Kier molecular flexibility index (Phi) is 4.28. The lowest BCUT2D eigenvalue weighted by molar-refractivity contribution is -0.384. The highest BCUT2D eigenvalue weighted by molar-refractivity contribution is 5.34. The highest BCUT2D eigenvalue weighted by atomic mass is 16.6. The zero-order valence-corrected chi connectivity index (χ0v) is 10.3. The second kappa shape index (κ2) is 5.93. The number of non-ortho nitro benzene ring substituents is 1. The van der Waals surface area contributed by atoms with Crippen LogP contribution in [0.25, 0.3) is 0 Å². The Morgan fingerprint density at radius 2 is 1.83 bits per heavy atom. The van der Waals surface area contributed by atoms with Crippen molar-refractivity contribution < 1.29 is 10.0 Å². The molecule has 0 spiro atoms. The standard InChI is InChI=1S/C13H18N2O3/c16-10-13(14-8-2-1-3-9-14)11-4-6-12(7-5-11)15(17)18/h4-7,13,16H,1-3,8-10H2. The first-order valence-corrected chi connectivity index (χ1v) is 6.31. The maximum atomic E-state index is 10.6. The number of rotatable bonds is 4. The van der Waals surface area contributed by atoms with Gasteiger partial charge in [-0.1, -0.05) is 18.6 Å². The molecule has 2 rings (SSSR count). The molecule has 5 heteroatoms. The van der Waals surface area contributed by atoms with Crippen molar-refractivity contribution in [2.45, 2.75) is 25.3 Å². The van der Waals surface area contributed by atoms with Gasteiger partial charge in [-0.05, 0) is 31.5 Å². The summed E-state index contributed by atoms with van der Waals surface area (Å²) >= 11 is 0. The predicted octanol–water partition coefficient (Wildman–Crippen LogP) is 2.11. The van der Waals surface area contributed by atoms with Gasteiger partial charge in [0.05, 0.1) is 17.6 Å². The van der Waals surface area contributed by atoms with E-state index in [-0.39, 0.29) is 18.3 Å². The highest BCUT2D eigenvalue weighted by Crippen LogP contribution is 2.25. The largest absolute Gasteiger partial charge is 0.394 e. The van der Waals surface area contributed by atoms with Gasteiger partial charge in [-0.3, -0.25) is 15.0 Å². The van der Waals surface area contributed by atoms with Gasteiger partial charge in [0.2, 0.25) is 0 Å². The molecule has 0 radical (unpaired) electrons. The Morgan fingerprint density at radius 1 is 1.22 bits per heavy atom. The molecule has 1 aromatic rings. The summed E-state index contributed by atoms with van der Waals surface area (Å²) in [6.45, 7) is 2.03. The van der Waals surface area contributed by atoms with Crippen LogP contribution in [-0.2, 0) is 0 Å². The molecule has 0 saturated carbocycles. The summed E-state index contributed by atoms with van der Waals surface area (Å²) in [7, 11) is 0. The van der Waals surface area contributed by atoms with Gasteiger partial charge in [0.1, 0.15) is 0 Å². The quantitative estimate of drug-likeness (QED) is 0.656. The van der Waals surface area contributed by atoms with Gasteiger partial charge < -0.3 is 5.11 Å². The van der Waals surface area contributed by atoms with Gasteiger partial charge in [-0.2, -0.15) is 0 Å². The van der Waals surface area contributed by atoms with Crippen LogP contribution in [0.1, 0.15) is 30.9 Å². The molecule has 5 nitrogen and oxygen atoms in total. The Labute approximate surface area is 106 Å². The number of piperidine rings is 1. The van der Waals surface area contributed by atoms with Crippen molar-refractivity contribution in [1.82, 2.24) is 4.90 Å². The minimum Gasteiger partial charge on any atom is -0.394 e. The molecule has 1 heterocycles. The van der Waals surface area contributed by atoms with Crippen LogP contribution >= 0.6 is 0 Å². The van der Waals surface area contributed by atoms with Gasteiger partial charge in [-0.25, -0.2) is 0 Å². The van der Waals surface area contributed by atoms with Crippen LogP contribution < -0.4 is 0 Å². The van der Waals surface area contributed by atoms with E-state index in [1.165, 1.54) is 18.6 Å². The summed E-state index contributed by atoms with van der Waals surface area (Å²) in [5.41, 5.74) is 1.04. The summed E-state index contributed by atoms with van der Waals surface area (Å²) in [5, 5.41) is 20.1. The SMILES string of the molecule is O=[N+]([O-])c1ccc(C(CO)N2CCCCC2)cc1. The Morgan fingerprint density at radius 3 is 2.33 bits per heavy atom. The van der Waals surface area contributed by atoms with E-state index in [1.54, 1.807) is 12.1 Å². The average molecular weight is 250 g/mol. The Bertz CT molecular complexity index is 399. The second-order valence-corrected chi connectivity index (χ2v) is 4.64. The molecule has 98 valence electrons. The monoisotopic (exact) mass is 250 g/mol. The van der Waals surface area contributed by atoms with E-state index in [1.807, 2.05) is 0 Å². The lowest BCUT2D eigenvalue weighted by atomic mass is 10.0. The zero-order chi connectivity index (χ0) is 13.0. The minimum absolute atomic E-state index is 0.0360. The number of likely N-dealkylation sites (tertiary alicyclic amines) is 1. The fourth-order valence-corrected chi connectivity index (χ4v) is 2.48. The molecular weight excluding hydrogens is 232 g/mol. The molecule has 1 saturated heterocycles. The average Bonchev–Trinajstić information content (AvgIpc) is 2.41. The number of hydrogen-bond donors (Lipinski definition) is 1. The molecule has 1 aromatic carbocycles. The number of aliphatic hydroxyl groups is 1. The summed E-state index contributed by atoms with van der Waals surface area (Å²) in [6.07, 6.45) is 3.56. The maximum absolute atomic E-state index is 10.6. The Hall–Kier alpha value is -1.46. The molecular formula is C13H18N2O3. The molecule has 0 bridgehead atoms. The molecule has 1 aliphatic rings. The topological polar surface area (TPSA) is 66.6 Å². The minimum atomic E-state index is -0.404. The lowest BCUT2D eigenvalue weighted by Crippen LogP contribution is -2.35. The molecule has 1 fully saturated rings. The molecule has 1 atom stereocenters. The van der Waals surface area contributed by atoms with E-state index in [0.29, 0.717) is 0 Å². The summed E-state index contributed by atoms with van der Waals surface area (Å²) in [6, 6.07) is 6.46. The summed E-state index contributed by atoms with van der Waals surface area (Å²) in [4.78, 5) is 12.4. The van der Waals surface area contributed by atoms with E-state index in [0.717, 1.165) is 31.5 Å². The van der Waals surface area contributed by atoms with E-state index >= 15 is 0 Å². The van der Waals surface area contributed by atoms with Crippen LogP contribution in [0.15, 0.2) is 24.3 Å². The van der Waals surface area contributed by atoms with Crippen LogP contribution in [0, 0.1) is 10.1 Å². The van der Waals surface area contributed by atoms with Gasteiger partial charge in [0.15, 0.2) is 0 Å². The van der Waals surface area contributed by atoms with Crippen LogP contribution in [0.4, 0.5) is 5.69 Å². The van der Waals surface area contributed by atoms with Crippen molar-refractivity contribution in [2.24, 2.45) is 0 Å². The lowest BCUT2D eigenvalue weighted by Gasteiger charge is -2.33. The van der Waals surface area contributed by atoms with Crippen molar-refractivity contribution in [1.29, 1.82) is 0 Å².